The van der Waals surface area contributed by atoms with E-state index in [-0.39, 0.29) is 11.8 Å². The summed E-state index contributed by atoms with van der Waals surface area (Å²) in [5.41, 5.74) is 1.17. The highest BCUT2D eigenvalue weighted by atomic mass is 16.5. The average Bonchev–Trinajstić information content (AvgIpc) is 2.65. The number of nitrogens with one attached hydrogen (secondary N) is 1. The summed E-state index contributed by atoms with van der Waals surface area (Å²) < 4.78 is 5.37. The Morgan fingerprint density at radius 1 is 1.12 bits per heavy atom. The summed E-state index contributed by atoms with van der Waals surface area (Å²) in [5.74, 6) is 0.710. The molecule has 0 unspecified atom stereocenters. The van der Waals surface area contributed by atoms with Gasteiger partial charge in [-0.25, -0.2) is 0 Å². The third-order valence-corrected chi connectivity index (χ3v) is 5.39. The lowest BCUT2D eigenvalue weighted by Crippen LogP contribution is -2.43. The zero-order valence-electron chi connectivity index (χ0n) is 14.6. The van der Waals surface area contributed by atoms with Gasteiger partial charge in [0.25, 0.3) is 0 Å². The van der Waals surface area contributed by atoms with Crippen molar-refractivity contribution in [3.05, 3.63) is 35.9 Å². The Morgan fingerprint density at radius 2 is 1.83 bits per heavy atom. The third kappa shape index (κ3) is 4.81. The largest absolute Gasteiger partial charge is 0.379 e. The minimum absolute atomic E-state index is 0.0104. The lowest BCUT2D eigenvalue weighted by Gasteiger charge is -2.30. The van der Waals surface area contributed by atoms with Crippen molar-refractivity contribution in [1.29, 1.82) is 0 Å². The van der Waals surface area contributed by atoms with Crippen LogP contribution >= 0.6 is 0 Å². The lowest BCUT2D eigenvalue weighted by molar-refractivity contribution is -0.124. The van der Waals surface area contributed by atoms with Crippen LogP contribution in [0, 0.1) is 5.92 Å². The second kappa shape index (κ2) is 9.19. The molecule has 24 heavy (non-hydrogen) atoms. The summed E-state index contributed by atoms with van der Waals surface area (Å²) in [7, 11) is 0. The number of benzene rings is 1. The number of rotatable bonds is 6. The second-order valence-corrected chi connectivity index (χ2v) is 7.03. The lowest BCUT2D eigenvalue weighted by atomic mass is 9.76. The van der Waals surface area contributed by atoms with Crippen LogP contribution in [-0.4, -0.2) is 50.2 Å². The molecule has 1 atom stereocenters. The van der Waals surface area contributed by atoms with E-state index in [0.717, 1.165) is 39.4 Å². The minimum atomic E-state index is 0.0104. The molecule has 0 bridgehead atoms. The zero-order valence-corrected chi connectivity index (χ0v) is 14.6. The number of amides is 1. The molecular formula is C20H30N2O2. The van der Waals surface area contributed by atoms with Gasteiger partial charge in [-0.2, -0.15) is 0 Å². The first-order chi connectivity index (χ1) is 11.8. The summed E-state index contributed by atoms with van der Waals surface area (Å²) >= 11 is 0. The van der Waals surface area contributed by atoms with Gasteiger partial charge < -0.3 is 10.1 Å². The molecule has 1 aromatic rings. The molecule has 1 aliphatic heterocycles. The molecule has 4 heteroatoms. The van der Waals surface area contributed by atoms with Crippen molar-refractivity contribution < 1.29 is 9.53 Å². The first-order valence-corrected chi connectivity index (χ1v) is 9.47. The maximum Gasteiger partial charge on any atom is 0.227 e. The van der Waals surface area contributed by atoms with Crippen molar-refractivity contribution in [2.75, 3.05) is 39.4 Å². The van der Waals surface area contributed by atoms with Crippen molar-refractivity contribution >= 4 is 5.91 Å². The van der Waals surface area contributed by atoms with Crippen LogP contribution < -0.4 is 5.32 Å². The van der Waals surface area contributed by atoms with Gasteiger partial charge in [-0.1, -0.05) is 49.6 Å². The zero-order chi connectivity index (χ0) is 16.6. The van der Waals surface area contributed by atoms with E-state index < -0.39 is 0 Å². The fourth-order valence-corrected chi connectivity index (χ4v) is 4.04. The molecule has 4 nitrogen and oxygen atoms in total. The van der Waals surface area contributed by atoms with Crippen LogP contribution in [0.25, 0.3) is 0 Å². The summed E-state index contributed by atoms with van der Waals surface area (Å²) in [6.45, 7) is 5.21. The number of nitrogens with zero attached hydrogens (tertiary/aromatic N) is 1. The number of ether oxygens (including phenoxy) is 1. The smallest absolute Gasteiger partial charge is 0.227 e. The molecule has 132 valence electrons. The Morgan fingerprint density at radius 3 is 2.54 bits per heavy atom. The van der Waals surface area contributed by atoms with E-state index in [1.54, 1.807) is 0 Å². The predicted octanol–water partition coefficient (Wildman–Crippen LogP) is 2.80. The molecule has 1 aliphatic carbocycles. The standard InChI is InChI=1S/C20H30N2O2/c23-20(21-11-12-22-13-15-24-16-14-22)19(17-7-3-1-4-8-17)18-9-5-2-6-10-18/h1,3-4,7-8,18-19H,2,5-6,9-16H2,(H,21,23)/t19-/m1/s1. The highest BCUT2D eigenvalue weighted by molar-refractivity contribution is 5.84. The van der Waals surface area contributed by atoms with E-state index in [0.29, 0.717) is 5.92 Å². The Hall–Kier alpha value is -1.39. The van der Waals surface area contributed by atoms with E-state index in [2.05, 4.69) is 22.3 Å². The summed E-state index contributed by atoms with van der Waals surface area (Å²) in [5, 5.41) is 3.20. The van der Waals surface area contributed by atoms with Crippen LogP contribution in [0.4, 0.5) is 0 Å². The molecule has 3 rings (SSSR count). The molecular weight excluding hydrogens is 300 g/mol. The normalized spacial score (nSPS) is 21.3. The average molecular weight is 330 g/mol. The SMILES string of the molecule is O=C(NCCN1CCOCC1)[C@H](c1ccccc1)C1CCCCC1. The number of hydrogen-bond donors (Lipinski definition) is 1. The topological polar surface area (TPSA) is 41.6 Å². The Kier molecular flexibility index (Phi) is 6.67. The number of hydrogen-bond acceptors (Lipinski definition) is 3. The summed E-state index contributed by atoms with van der Waals surface area (Å²) in [4.78, 5) is 15.3. The Balaban J connectivity index is 1.58. The van der Waals surface area contributed by atoms with E-state index in [9.17, 15) is 4.79 Å². The van der Waals surface area contributed by atoms with E-state index >= 15 is 0 Å². The summed E-state index contributed by atoms with van der Waals surface area (Å²) in [6, 6.07) is 10.3. The van der Waals surface area contributed by atoms with E-state index in [1.165, 1.54) is 37.7 Å². The fourth-order valence-electron chi connectivity index (χ4n) is 4.04. The van der Waals surface area contributed by atoms with Crippen molar-refractivity contribution in [1.82, 2.24) is 10.2 Å². The van der Waals surface area contributed by atoms with E-state index in [4.69, 9.17) is 4.74 Å². The van der Waals surface area contributed by atoms with Crippen molar-refractivity contribution in [2.45, 2.75) is 38.0 Å². The number of carbonyl (C=O) groups is 1. The van der Waals surface area contributed by atoms with Gasteiger partial charge in [-0.3, -0.25) is 9.69 Å². The highest BCUT2D eigenvalue weighted by Gasteiger charge is 2.30. The summed E-state index contributed by atoms with van der Waals surface area (Å²) in [6.07, 6.45) is 6.19. The monoisotopic (exact) mass is 330 g/mol. The quantitative estimate of drug-likeness (QED) is 0.872. The minimum Gasteiger partial charge on any atom is -0.379 e. The van der Waals surface area contributed by atoms with Crippen molar-refractivity contribution in [2.24, 2.45) is 5.92 Å². The maximum atomic E-state index is 12.9. The van der Waals surface area contributed by atoms with Crippen LogP contribution in [0.5, 0.6) is 0 Å². The van der Waals surface area contributed by atoms with Gasteiger partial charge in [0.15, 0.2) is 0 Å². The maximum absolute atomic E-state index is 12.9. The van der Waals surface area contributed by atoms with Gasteiger partial charge in [0, 0.05) is 26.2 Å². The molecule has 2 fully saturated rings. The van der Waals surface area contributed by atoms with Crippen molar-refractivity contribution in [3.8, 4) is 0 Å². The van der Waals surface area contributed by atoms with E-state index in [1.807, 2.05) is 18.2 Å². The highest BCUT2D eigenvalue weighted by Crippen LogP contribution is 2.36. The molecule has 2 aliphatic rings. The van der Waals surface area contributed by atoms with Gasteiger partial charge in [0.2, 0.25) is 5.91 Å². The third-order valence-electron chi connectivity index (χ3n) is 5.39. The first kappa shape index (κ1) is 17.4. The molecule has 1 aromatic carbocycles. The van der Waals surface area contributed by atoms with Gasteiger partial charge in [0.1, 0.15) is 0 Å². The fraction of sp³-hybridized carbons (Fsp3) is 0.650. The van der Waals surface area contributed by atoms with Crippen LogP contribution in [0.15, 0.2) is 30.3 Å². The number of morpholine rings is 1. The van der Waals surface area contributed by atoms with Crippen LogP contribution in [0.2, 0.25) is 0 Å². The Labute approximate surface area is 145 Å². The van der Waals surface area contributed by atoms with Crippen LogP contribution in [-0.2, 0) is 9.53 Å². The van der Waals surface area contributed by atoms with Gasteiger partial charge in [0.05, 0.1) is 19.1 Å². The molecule has 0 aromatic heterocycles. The molecule has 0 spiro atoms. The molecule has 1 N–H and O–H groups in total. The van der Waals surface area contributed by atoms with Gasteiger partial charge in [-0.15, -0.1) is 0 Å². The number of carbonyl (C=O) groups excluding carboxylic acids is 1. The predicted molar refractivity (Wildman–Crippen MR) is 96.0 cm³/mol. The molecule has 1 amide bonds. The molecule has 1 heterocycles. The second-order valence-electron chi connectivity index (χ2n) is 7.03. The first-order valence-electron chi connectivity index (χ1n) is 9.47. The van der Waals surface area contributed by atoms with Crippen molar-refractivity contribution in [3.63, 3.8) is 0 Å². The van der Waals surface area contributed by atoms with Crippen LogP contribution in [0.1, 0.15) is 43.6 Å². The molecule has 1 saturated carbocycles. The van der Waals surface area contributed by atoms with Gasteiger partial charge in [-0.05, 0) is 24.3 Å². The molecule has 0 radical (unpaired) electrons. The Bertz CT molecular complexity index is 494. The van der Waals surface area contributed by atoms with Gasteiger partial charge >= 0.3 is 0 Å². The molecule has 1 saturated heterocycles. The van der Waals surface area contributed by atoms with Crippen LogP contribution in [0.3, 0.4) is 0 Å².